The van der Waals surface area contributed by atoms with Crippen molar-refractivity contribution in [2.45, 2.75) is 39.2 Å². The molecule has 1 aromatic rings. The van der Waals surface area contributed by atoms with Gasteiger partial charge in [0.15, 0.2) is 0 Å². The molecule has 2 heterocycles. The highest BCUT2D eigenvalue weighted by Crippen LogP contribution is 2.23. The Balaban J connectivity index is 2.09. The first-order valence-electron chi connectivity index (χ1n) is 6.66. The van der Waals surface area contributed by atoms with Gasteiger partial charge in [0.2, 0.25) is 0 Å². The summed E-state index contributed by atoms with van der Waals surface area (Å²) in [6.07, 6.45) is 5.73. The molecule has 1 unspecified atom stereocenters. The van der Waals surface area contributed by atoms with E-state index in [1.807, 2.05) is 13.0 Å². The van der Waals surface area contributed by atoms with Gasteiger partial charge in [-0.2, -0.15) is 0 Å². The Morgan fingerprint density at radius 1 is 1.50 bits per heavy atom. The predicted molar refractivity (Wildman–Crippen MR) is 76.5 cm³/mol. The molecular formula is C16H22N2. The van der Waals surface area contributed by atoms with E-state index < -0.39 is 0 Å². The Bertz CT molecular complexity index is 460. The molecule has 0 fully saturated rings. The summed E-state index contributed by atoms with van der Waals surface area (Å²) in [4.78, 5) is 4.60. The lowest BCUT2D eigenvalue weighted by molar-refractivity contribution is 0.562. The third kappa shape index (κ3) is 3.54. The number of hydrogen-bond acceptors (Lipinski definition) is 2. The highest BCUT2D eigenvalue weighted by atomic mass is 14.9. The van der Waals surface area contributed by atoms with Crippen molar-refractivity contribution in [1.82, 2.24) is 10.3 Å². The summed E-state index contributed by atoms with van der Waals surface area (Å²) in [5.74, 6) is 0. The zero-order valence-electron chi connectivity index (χ0n) is 11.4. The smallest absolute Gasteiger partial charge is 0.0684 e. The lowest BCUT2D eigenvalue weighted by Gasteiger charge is -2.23. The Hall–Kier alpha value is -1.41. The van der Waals surface area contributed by atoms with E-state index in [-0.39, 0.29) is 6.04 Å². The molecule has 0 saturated carbocycles. The number of nitrogens with one attached hydrogen (secondary N) is 1. The number of pyridine rings is 1. The van der Waals surface area contributed by atoms with Crippen LogP contribution in [0.5, 0.6) is 0 Å². The van der Waals surface area contributed by atoms with E-state index in [9.17, 15) is 0 Å². The molecule has 96 valence electrons. The van der Waals surface area contributed by atoms with Crippen molar-refractivity contribution in [3.8, 4) is 0 Å². The maximum Gasteiger partial charge on any atom is 0.0684 e. The van der Waals surface area contributed by atoms with Crippen molar-refractivity contribution < 1.29 is 0 Å². The van der Waals surface area contributed by atoms with Gasteiger partial charge in [-0.05, 0) is 51.8 Å². The summed E-state index contributed by atoms with van der Waals surface area (Å²) in [7, 11) is 0. The number of aryl methyl sites for hydroxylation is 1. The van der Waals surface area contributed by atoms with Crippen LogP contribution < -0.4 is 5.32 Å². The van der Waals surface area contributed by atoms with Crippen molar-refractivity contribution in [1.29, 1.82) is 0 Å². The van der Waals surface area contributed by atoms with Gasteiger partial charge in [-0.3, -0.25) is 4.98 Å². The van der Waals surface area contributed by atoms with Crippen molar-refractivity contribution in [3.63, 3.8) is 0 Å². The predicted octanol–water partition coefficient (Wildman–Crippen LogP) is 3.71. The van der Waals surface area contributed by atoms with Gasteiger partial charge < -0.3 is 5.32 Å². The van der Waals surface area contributed by atoms with Gasteiger partial charge in [-0.25, -0.2) is 0 Å². The molecule has 1 N–H and O–H groups in total. The molecule has 1 atom stereocenters. The van der Waals surface area contributed by atoms with Crippen LogP contribution in [0, 0.1) is 6.92 Å². The van der Waals surface area contributed by atoms with E-state index in [0.717, 1.165) is 37.2 Å². The average Bonchev–Trinajstić information content (AvgIpc) is 2.37. The van der Waals surface area contributed by atoms with Gasteiger partial charge in [-0.1, -0.05) is 23.3 Å². The maximum absolute atomic E-state index is 4.60. The zero-order chi connectivity index (χ0) is 13.0. The Kier molecular flexibility index (Phi) is 4.32. The summed E-state index contributed by atoms with van der Waals surface area (Å²) >= 11 is 0. The van der Waals surface area contributed by atoms with Crippen LogP contribution in [0.15, 0.2) is 42.0 Å². The monoisotopic (exact) mass is 242 g/mol. The molecule has 0 aliphatic carbocycles. The Labute approximate surface area is 110 Å². The molecule has 1 aromatic heterocycles. The van der Waals surface area contributed by atoms with E-state index in [1.165, 1.54) is 11.1 Å². The first-order chi connectivity index (χ1) is 8.65. The fraction of sp³-hybridized carbons (Fsp3) is 0.438. The number of rotatable bonds is 4. The van der Waals surface area contributed by atoms with E-state index in [0.29, 0.717) is 0 Å². The number of allylic oxidation sites excluding steroid dienone is 1. The van der Waals surface area contributed by atoms with Crippen molar-refractivity contribution >= 4 is 0 Å². The minimum atomic E-state index is 0.277. The lowest BCUT2D eigenvalue weighted by Crippen LogP contribution is -2.26. The van der Waals surface area contributed by atoms with Crippen LogP contribution in [-0.2, 0) is 0 Å². The number of nitrogens with zero attached hydrogens (tertiary/aromatic N) is 1. The van der Waals surface area contributed by atoms with Gasteiger partial charge in [0.25, 0.3) is 0 Å². The summed E-state index contributed by atoms with van der Waals surface area (Å²) in [5, 5.41) is 3.52. The summed E-state index contributed by atoms with van der Waals surface area (Å²) in [6.45, 7) is 9.16. The molecule has 0 saturated heterocycles. The fourth-order valence-electron chi connectivity index (χ4n) is 2.28. The topological polar surface area (TPSA) is 24.9 Å². The minimum absolute atomic E-state index is 0.277. The fourth-order valence-corrected chi connectivity index (χ4v) is 2.28. The average molecular weight is 242 g/mol. The van der Waals surface area contributed by atoms with Crippen molar-refractivity contribution in [3.05, 3.63) is 53.4 Å². The van der Waals surface area contributed by atoms with Gasteiger partial charge in [-0.15, -0.1) is 6.58 Å². The summed E-state index contributed by atoms with van der Waals surface area (Å²) < 4.78 is 0. The first kappa shape index (κ1) is 13.0. The van der Waals surface area contributed by atoms with Crippen LogP contribution in [0.25, 0.3) is 0 Å². The van der Waals surface area contributed by atoms with E-state index in [2.05, 4.69) is 42.0 Å². The van der Waals surface area contributed by atoms with Gasteiger partial charge >= 0.3 is 0 Å². The zero-order valence-corrected chi connectivity index (χ0v) is 11.4. The molecule has 0 aromatic carbocycles. The molecule has 2 rings (SSSR count). The lowest BCUT2D eigenvalue weighted by atomic mass is 9.97. The molecule has 1 aliphatic rings. The highest BCUT2D eigenvalue weighted by Gasteiger charge is 2.15. The summed E-state index contributed by atoms with van der Waals surface area (Å²) in [5.41, 5.74) is 5.00. The normalized spacial score (nSPS) is 19.4. The van der Waals surface area contributed by atoms with Crippen molar-refractivity contribution in [2.24, 2.45) is 0 Å². The quantitative estimate of drug-likeness (QED) is 0.814. The molecule has 18 heavy (non-hydrogen) atoms. The van der Waals surface area contributed by atoms with Crippen LogP contribution in [0.2, 0.25) is 0 Å². The second kappa shape index (κ2) is 5.96. The maximum atomic E-state index is 4.60. The molecule has 0 bridgehead atoms. The number of aromatic nitrogens is 1. The largest absolute Gasteiger partial charge is 0.305 e. The van der Waals surface area contributed by atoms with Gasteiger partial charge in [0.1, 0.15) is 0 Å². The van der Waals surface area contributed by atoms with Gasteiger partial charge in [0, 0.05) is 5.69 Å². The molecular weight excluding hydrogens is 220 g/mol. The van der Waals surface area contributed by atoms with Crippen molar-refractivity contribution in [2.75, 3.05) is 6.54 Å². The molecule has 2 nitrogen and oxygen atoms in total. The molecule has 1 aliphatic heterocycles. The van der Waals surface area contributed by atoms with Gasteiger partial charge in [0.05, 0.1) is 11.7 Å². The van der Waals surface area contributed by atoms with Crippen LogP contribution in [0.4, 0.5) is 0 Å². The van der Waals surface area contributed by atoms with E-state index in [1.54, 1.807) is 0 Å². The highest BCUT2D eigenvalue weighted by molar-refractivity contribution is 5.23. The van der Waals surface area contributed by atoms with Crippen LogP contribution in [0.1, 0.15) is 43.6 Å². The molecule has 0 spiro atoms. The Morgan fingerprint density at radius 2 is 2.33 bits per heavy atom. The van der Waals surface area contributed by atoms with Crippen LogP contribution in [0.3, 0.4) is 0 Å². The second-order valence-corrected chi connectivity index (χ2v) is 5.17. The molecule has 0 amide bonds. The Morgan fingerprint density at radius 3 is 3.06 bits per heavy atom. The molecule has 0 radical (unpaired) electrons. The standard InChI is InChI=1S/C16H22N2/c1-12(2)7-8-14-9-10-17-16(11-14)15-6-4-5-13(3)18-15/h4-6,11,16-17H,1,7-10H2,2-3H3. The van der Waals surface area contributed by atoms with E-state index >= 15 is 0 Å². The second-order valence-electron chi connectivity index (χ2n) is 5.17. The van der Waals surface area contributed by atoms with Crippen LogP contribution >= 0.6 is 0 Å². The summed E-state index contributed by atoms with van der Waals surface area (Å²) in [6, 6.07) is 6.50. The third-order valence-corrected chi connectivity index (χ3v) is 3.31. The third-order valence-electron chi connectivity index (χ3n) is 3.31. The first-order valence-corrected chi connectivity index (χ1v) is 6.66. The minimum Gasteiger partial charge on any atom is -0.305 e. The SMILES string of the molecule is C=C(C)CCC1=CC(c2cccc(C)n2)NCC1. The number of hydrogen-bond donors (Lipinski definition) is 1. The van der Waals surface area contributed by atoms with Crippen LogP contribution in [-0.4, -0.2) is 11.5 Å². The van der Waals surface area contributed by atoms with E-state index in [4.69, 9.17) is 0 Å². The molecule has 2 heteroatoms.